The monoisotopic (exact) mass is 216 g/mol. The van der Waals surface area contributed by atoms with Crippen LogP contribution in [-0.2, 0) is 6.54 Å². The Morgan fingerprint density at radius 2 is 1.94 bits per heavy atom. The van der Waals surface area contributed by atoms with Crippen molar-refractivity contribution in [2.24, 2.45) is 5.73 Å². The SMILES string of the molecule is NCc1ccc(C(=O)Nc2ccccc2)o1. The van der Waals surface area contributed by atoms with Crippen molar-refractivity contribution in [1.82, 2.24) is 0 Å². The smallest absolute Gasteiger partial charge is 0.291 e. The van der Waals surface area contributed by atoms with E-state index in [-0.39, 0.29) is 11.7 Å². The Morgan fingerprint density at radius 3 is 2.56 bits per heavy atom. The molecule has 0 atom stereocenters. The predicted octanol–water partition coefficient (Wildman–Crippen LogP) is 1.99. The van der Waals surface area contributed by atoms with E-state index in [0.717, 1.165) is 5.69 Å². The minimum absolute atomic E-state index is 0.268. The fourth-order valence-electron chi connectivity index (χ4n) is 1.32. The van der Waals surface area contributed by atoms with Crippen molar-refractivity contribution in [3.63, 3.8) is 0 Å². The van der Waals surface area contributed by atoms with Gasteiger partial charge in [0.1, 0.15) is 5.76 Å². The number of rotatable bonds is 3. The van der Waals surface area contributed by atoms with Gasteiger partial charge in [-0.15, -0.1) is 0 Å². The van der Waals surface area contributed by atoms with Gasteiger partial charge in [0.2, 0.25) is 0 Å². The van der Waals surface area contributed by atoms with Crippen molar-refractivity contribution in [3.05, 3.63) is 54.0 Å². The molecule has 0 bridgehead atoms. The molecule has 4 nitrogen and oxygen atoms in total. The van der Waals surface area contributed by atoms with E-state index >= 15 is 0 Å². The Bertz CT molecular complexity index is 477. The quantitative estimate of drug-likeness (QED) is 0.824. The summed E-state index contributed by atoms with van der Waals surface area (Å²) in [6, 6.07) is 12.5. The number of anilines is 1. The molecule has 16 heavy (non-hydrogen) atoms. The summed E-state index contributed by atoms with van der Waals surface area (Å²) in [5.41, 5.74) is 6.12. The summed E-state index contributed by atoms with van der Waals surface area (Å²) in [4.78, 5) is 11.7. The van der Waals surface area contributed by atoms with Gasteiger partial charge in [-0.25, -0.2) is 0 Å². The van der Waals surface area contributed by atoms with Gasteiger partial charge in [0.15, 0.2) is 5.76 Å². The van der Waals surface area contributed by atoms with Gasteiger partial charge in [0.05, 0.1) is 6.54 Å². The van der Waals surface area contributed by atoms with Crippen LogP contribution in [0.2, 0.25) is 0 Å². The Kier molecular flexibility index (Phi) is 3.03. The number of furan rings is 1. The van der Waals surface area contributed by atoms with Crippen molar-refractivity contribution in [2.45, 2.75) is 6.54 Å². The molecule has 0 aliphatic heterocycles. The molecule has 1 aromatic heterocycles. The average Bonchev–Trinajstić information content (AvgIpc) is 2.79. The molecule has 0 radical (unpaired) electrons. The maximum absolute atomic E-state index is 11.7. The highest BCUT2D eigenvalue weighted by Crippen LogP contribution is 2.11. The van der Waals surface area contributed by atoms with Crippen LogP contribution in [-0.4, -0.2) is 5.91 Å². The minimum atomic E-state index is -0.272. The van der Waals surface area contributed by atoms with E-state index in [0.29, 0.717) is 12.3 Å². The van der Waals surface area contributed by atoms with Crippen molar-refractivity contribution >= 4 is 11.6 Å². The van der Waals surface area contributed by atoms with Crippen LogP contribution >= 0.6 is 0 Å². The van der Waals surface area contributed by atoms with Crippen LogP contribution < -0.4 is 11.1 Å². The van der Waals surface area contributed by atoms with E-state index < -0.39 is 0 Å². The molecule has 82 valence electrons. The number of carbonyl (C=O) groups excluding carboxylic acids is 1. The first-order valence-corrected chi connectivity index (χ1v) is 4.95. The predicted molar refractivity (Wildman–Crippen MR) is 61.0 cm³/mol. The van der Waals surface area contributed by atoms with Gasteiger partial charge in [0.25, 0.3) is 5.91 Å². The number of nitrogens with two attached hydrogens (primary N) is 1. The molecule has 1 amide bonds. The van der Waals surface area contributed by atoms with E-state index in [4.69, 9.17) is 10.2 Å². The van der Waals surface area contributed by atoms with Crippen LogP contribution in [0, 0.1) is 0 Å². The number of hydrogen-bond donors (Lipinski definition) is 2. The van der Waals surface area contributed by atoms with Crippen LogP contribution in [0.1, 0.15) is 16.3 Å². The summed E-state index contributed by atoms with van der Waals surface area (Å²) < 4.78 is 5.23. The van der Waals surface area contributed by atoms with E-state index in [9.17, 15) is 4.79 Å². The zero-order valence-electron chi connectivity index (χ0n) is 8.64. The highest BCUT2D eigenvalue weighted by atomic mass is 16.4. The largest absolute Gasteiger partial charge is 0.455 e. The van der Waals surface area contributed by atoms with E-state index in [1.165, 1.54) is 0 Å². The lowest BCUT2D eigenvalue weighted by atomic mass is 10.3. The van der Waals surface area contributed by atoms with Crippen LogP contribution in [0.3, 0.4) is 0 Å². The molecule has 0 fully saturated rings. The zero-order chi connectivity index (χ0) is 11.4. The molecule has 0 spiro atoms. The standard InChI is InChI=1S/C12H12N2O2/c13-8-10-6-7-11(16-10)12(15)14-9-4-2-1-3-5-9/h1-7H,8,13H2,(H,14,15). The Morgan fingerprint density at radius 1 is 1.19 bits per heavy atom. The summed E-state index contributed by atoms with van der Waals surface area (Å²) in [6.07, 6.45) is 0. The van der Waals surface area contributed by atoms with Gasteiger partial charge in [-0.1, -0.05) is 18.2 Å². The van der Waals surface area contributed by atoms with E-state index in [1.807, 2.05) is 30.3 Å². The van der Waals surface area contributed by atoms with Crippen LogP contribution in [0.25, 0.3) is 0 Å². The number of carbonyl (C=O) groups is 1. The first-order valence-electron chi connectivity index (χ1n) is 4.95. The van der Waals surface area contributed by atoms with Gasteiger partial charge in [-0.2, -0.15) is 0 Å². The maximum atomic E-state index is 11.7. The number of amides is 1. The molecule has 0 aliphatic carbocycles. The Balaban J connectivity index is 2.09. The van der Waals surface area contributed by atoms with E-state index in [2.05, 4.69) is 5.32 Å². The van der Waals surface area contributed by atoms with Crippen molar-refractivity contribution in [3.8, 4) is 0 Å². The molecule has 2 rings (SSSR count). The van der Waals surface area contributed by atoms with Crippen LogP contribution in [0.4, 0.5) is 5.69 Å². The average molecular weight is 216 g/mol. The Labute approximate surface area is 93.1 Å². The maximum Gasteiger partial charge on any atom is 0.291 e. The highest BCUT2D eigenvalue weighted by Gasteiger charge is 2.10. The molecule has 0 unspecified atom stereocenters. The molecule has 0 aliphatic rings. The molecule has 4 heteroatoms. The van der Waals surface area contributed by atoms with Gasteiger partial charge < -0.3 is 15.5 Å². The third kappa shape index (κ3) is 2.29. The zero-order valence-corrected chi connectivity index (χ0v) is 8.64. The molecular formula is C12H12N2O2. The second kappa shape index (κ2) is 4.63. The number of hydrogen-bond acceptors (Lipinski definition) is 3. The topological polar surface area (TPSA) is 68.3 Å². The molecule has 1 aromatic carbocycles. The highest BCUT2D eigenvalue weighted by molar-refractivity contribution is 6.02. The molecule has 1 heterocycles. The summed E-state index contributed by atoms with van der Waals surface area (Å²) in [7, 11) is 0. The molecule has 2 aromatic rings. The third-order valence-electron chi connectivity index (χ3n) is 2.12. The van der Waals surface area contributed by atoms with Gasteiger partial charge >= 0.3 is 0 Å². The second-order valence-electron chi connectivity index (χ2n) is 3.29. The minimum Gasteiger partial charge on any atom is -0.455 e. The molecular weight excluding hydrogens is 204 g/mol. The summed E-state index contributed by atoms with van der Waals surface area (Å²) in [6.45, 7) is 0.290. The summed E-state index contributed by atoms with van der Waals surface area (Å²) >= 11 is 0. The first-order chi connectivity index (χ1) is 7.79. The number of para-hydroxylation sites is 1. The van der Waals surface area contributed by atoms with Crippen LogP contribution in [0.5, 0.6) is 0 Å². The first kappa shape index (κ1) is 10.4. The van der Waals surface area contributed by atoms with Gasteiger partial charge in [-0.05, 0) is 24.3 Å². The van der Waals surface area contributed by atoms with Crippen molar-refractivity contribution in [2.75, 3.05) is 5.32 Å². The summed E-state index contributed by atoms with van der Waals surface area (Å²) in [5.74, 6) is 0.591. The van der Waals surface area contributed by atoms with E-state index in [1.54, 1.807) is 12.1 Å². The second-order valence-corrected chi connectivity index (χ2v) is 3.29. The fraction of sp³-hybridized carbons (Fsp3) is 0.0833. The van der Waals surface area contributed by atoms with Crippen molar-refractivity contribution < 1.29 is 9.21 Å². The van der Waals surface area contributed by atoms with Crippen LogP contribution in [0.15, 0.2) is 46.9 Å². The number of nitrogens with one attached hydrogen (secondary N) is 1. The lowest BCUT2D eigenvalue weighted by molar-refractivity contribution is 0.0995. The summed E-state index contributed by atoms with van der Waals surface area (Å²) in [5, 5.41) is 2.72. The normalized spacial score (nSPS) is 10.1. The molecule has 3 N–H and O–H groups in total. The third-order valence-corrected chi connectivity index (χ3v) is 2.12. The lowest BCUT2D eigenvalue weighted by Crippen LogP contribution is -2.10. The van der Waals surface area contributed by atoms with Gasteiger partial charge in [-0.3, -0.25) is 4.79 Å². The number of benzene rings is 1. The molecule has 0 saturated heterocycles. The lowest BCUT2D eigenvalue weighted by Gasteiger charge is -2.01. The fourth-order valence-corrected chi connectivity index (χ4v) is 1.32. The Hall–Kier alpha value is -2.07. The molecule has 0 saturated carbocycles. The van der Waals surface area contributed by atoms with Crippen molar-refractivity contribution in [1.29, 1.82) is 0 Å². The van der Waals surface area contributed by atoms with Gasteiger partial charge in [0, 0.05) is 5.69 Å².